The van der Waals surface area contributed by atoms with Gasteiger partial charge in [-0.25, -0.2) is 0 Å². The number of nitrogens with zero attached hydrogens (tertiary/aromatic N) is 3. The topological polar surface area (TPSA) is 80.5 Å². The van der Waals surface area contributed by atoms with E-state index in [1.54, 1.807) is 7.11 Å². The van der Waals surface area contributed by atoms with E-state index in [2.05, 4.69) is 27.3 Å². The summed E-state index contributed by atoms with van der Waals surface area (Å²) in [6.45, 7) is 4.55. The summed E-state index contributed by atoms with van der Waals surface area (Å²) in [5.74, 6) is 0.937. The molecule has 0 bridgehead atoms. The van der Waals surface area contributed by atoms with Crippen molar-refractivity contribution in [2.75, 3.05) is 20.2 Å². The average molecular weight is 282 g/mol. The van der Waals surface area contributed by atoms with Crippen LogP contribution in [-0.4, -0.2) is 47.2 Å². The van der Waals surface area contributed by atoms with Gasteiger partial charge in [-0.1, -0.05) is 18.5 Å². The molecule has 112 valence electrons. The first-order valence-corrected chi connectivity index (χ1v) is 7.06. The summed E-state index contributed by atoms with van der Waals surface area (Å²) in [6, 6.07) is -0.0323. The molecular weight excluding hydrogens is 260 g/mol. The average Bonchev–Trinajstić information content (AvgIpc) is 2.93. The van der Waals surface area contributed by atoms with Gasteiger partial charge in [0.15, 0.2) is 5.82 Å². The monoisotopic (exact) mass is 282 g/mol. The summed E-state index contributed by atoms with van der Waals surface area (Å²) in [5, 5.41) is 6.63. The number of methoxy groups -OCH3 is 1. The van der Waals surface area contributed by atoms with Gasteiger partial charge in [0.1, 0.15) is 6.61 Å². The second-order valence-electron chi connectivity index (χ2n) is 4.90. The third-order valence-electron chi connectivity index (χ3n) is 3.52. The van der Waals surface area contributed by atoms with Gasteiger partial charge in [0.05, 0.1) is 12.6 Å². The molecule has 7 nitrogen and oxygen atoms in total. The van der Waals surface area contributed by atoms with Crippen molar-refractivity contribution >= 4 is 5.91 Å². The summed E-state index contributed by atoms with van der Waals surface area (Å²) >= 11 is 0. The Balaban J connectivity index is 1.84. The van der Waals surface area contributed by atoms with E-state index in [0.717, 1.165) is 25.9 Å². The molecule has 1 atom stereocenters. The fourth-order valence-electron chi connectivity index (χ4n) is 2.50. The number of aromatic nitrogens is 2. The van der Waals surface area contributed by atoms with E-state index in [1.165, 1.54) is 6.42 Å². The van der Waals surface area contributed by atoms with Gasteiger partial charge in [0.25, 0.3) is 0 Å². The highest BCUT2D eigenvalue weighted by atomic mass is 16.5. The van der Waals surface area contributed by atoms with Crippen molar-refractivity contribution in [1.29, 1.82) is 0 Å². The lowest BCUT2D eigenvalue weighted by Gasteiger charge is -2.33. The number of likely N-dealkylation sites (N-methyl/N-ethyl adjacent to an activating group) is 1. The van der Waals surface area contributed by atoms with E-state index in [4.69, 9.17) is 9.26 Å². The van der Waals surface area contributed by atoms with Crippen molar-refractivity contribution in [3.63, 3.8) is 0 Å². The van der Waals surface area contributed by atoms with Crippen molar-refractivity contribution in [3.8, 4) is 0 Å². The SMILES string of the molecule is CCN1CCCC[C@@H]1C(=O)NCc1nc(COC)no1. The maximum Gasteiger partial charge on any atom is 0.246 e. The van der Waals surface area contributed by atoms with Crippen LogP contribution in [0.5, 0.6) is 0 Å². The van der Waals surface area contributed by atoms with E-state index in [-0.39, 0.29) is 18.5 Å². The molecule has 1 aliphatic heterocycles. The third kappa shape index (κ3) is 3.77. The van der Waals surface area contributed by atoms with Crippen molar-refractivity contribution in [1.82, 2.24) is 20.4 Å². The molecule has 7 heteroatoms. The molecule has 1 amide bonds. The van der Waals surface area contributed by atoms with Gasteiger partial charge in [0, 0.05) is 7.11 Å². The molecule has 1 aromatic heterocycles. The highest BCUT2D eigenvalue weighted by Gasteiger charge is 2.27. The van der Waals surface area contributed by atoms with Crippen LogP contribution in [0.25, 0.3) is 0 Å². The van der Waals surface area contributed by atoms with Gasteiger partial charge in [0.2, 0.25) is 11.8 Å². The van der Waals surface area contributed by atoms with E-state index in [0.29, 0.717) is 18.3 Å². The fraction of sp³-hybridized carbons (Fsp3) is 0.769. The molecule has 1 aromatic rings. The van der Waals surface area contributed by atoms with Crippen LogP contribution < -0.4 is 5.32 Å². The quantitative estimate of drug-likeness (QED) is 0.827. The molecular formula is C13H22N4O3. The highest BCUT2D eigenvalue weighted by molar-refractivity contribution is 5.81. The number of nitrogens with one attached hydrogen (secondary N) is 1. The summed E-state index contributed by atoms with van der Waals surface area (Å²) in [5.41, 5.74) is 0. The van der Waals surface area contributed by atoms with Crippen molar-refractivity contribution in [2.24, 2.45) is 0 Å². The maximum atomic E-state index is 12.2. The van der Waals surface area contributed by atoms with Crippen LogP contribution in [0.4, 0.5) is 0 Å². The molecule has 0 radical (unpaired) electrons. The van der Waals surface area contributed by atoms with Gasteiger partial charge < -0.3 is 14.6 Å². The number of carbonyl (C=O) groups excluding carboxylic acids is 1. The number of hydrogen-bond donors (Lipinski definition) is 1. The zero-order valence-electron chi connectivity index (χ0n) is 12.1. The van der Waals surface area contributed by atoms with Crippen LogP contribution in [-0.2, 0) is 22.7 Å². The number of ether oxygens (including phenoxy) is 1. The molecule has 20 heavy (non-hydrogen) atoms. The minimum atomic E-state index is -0.0323. The lowest BCUT2D eigenvalue weighted by atomic mass is 10.0. The molecule has 0 unspecified atom stereocenters. The summed E-state index contributed by atoms with van der Waals surface area (Å²) < 4.78 is 9.95. The lowest BCUT2D eigenvalue weighted by Crippen LogP contribution is -2.49. The number of carbonyl (C=O) groups is 1. The lowest BCUT2D eigenvalue weighted by molar-refractivity contribution is -0.127. The van der Waals surface area contributed by atoms with Gasteiger partial charge >= 0.3 is 0 Å². The first-order valence-electron chi connectivity index (χ1n) is 7.06. The van der Waals surface area contributed by atoms with Gasteiger partial charge in [-0.05, 0) is 25.9 Å². The normalized spacial score (nSPS) is 20.0. The van der Waals surface area contributed by atoms with E-state index >= 15 is 0 Å². The summed E-state index contributed by atoms with van der Waals surface area (Å²) in [7, 11) is 1.57. The Morgan fingerprint density at radius 3 is 3.15 bits per heavy atom. The van der Waals surface area contributed by atoms with Crippen LogP contribution in [0.2, 0.25) is 0 Å². The summed E-state index contributed by atoms with van der Waals surface area (Å²) in [6.07, 6.45) is 3.19. The van der Waals surface area contributed by atoms with Crippen LogP contribution in [0, 0.1) is 0 Å². The Hall–Kier alpha value is -1.47. The van der Waals surface area contributed by atoms with E-state index in [9.17, 15) is 4.79 Å². The predicted octanol–water partition coefficient (Wildman–Crippen LogP) is 0.707. The van der Waals surface area contributed by atoms with Crippen molar-refractivity contribution < 1.29 is 14.1 Å². The molecule has 1 saturated heterocycles. The smallest absolute Gasteiger partial charge is 0.246 e. The Labute approximate surface area is 118 Å². The molecule has 1 N–H and O–H groups in total. The number of likely N-dealkylation sites (tertiary alicyclic amines) is 1. The van der Waals surface area contributed by atoms with Crippen LogP contribution in [0.15, 0.2) is 4.52 Å². The fourth-order valence-corrected chi connectivity index (χ4v) is 2.50. The Kier molecular flexibility index (Phi) is 5.49. The molecule has 0 aromatic carbocycles. The Morgan fingerprint density at radius 2 is 2.40 bits per heavy atom. The van der Waals surface area contributed by atoms with Gasteiger partial charge in [-0.2, -0.15) is 4.98 Å². The molecule has 1 aliphatic rings. The summed E-state index contributed by atoms with van der Waals surface area (Å²) in [4.78, 5) is 18.5. The molecule has 2 heterocycles. The minimum absolute atomic E-state index is 0.0323. The van der Waals surface area contributed by atoms with Crippen LogP contribution in [0.3, 0.4) is 0 Å². The maximum absolute atomic E-state index is 12.2. The van der Waals surface area contributed by atoms with E-state index in [1.807, 2.05) is 0 Å². The number of hydrogen-bond acceptors (Lipinski definition) is 6. The second-order valence-corrected chi connectivity index (χ2v) is 4.90. The largest absolute Gasteiger partial charge is 0.377 e. The first kappa shape index (κ1) is 14.9. The Bertz CT molecular complexity index is 435. The molecule has 0 saturated carbocycles. The zero-order chi connectivity index (χ0) is 14.4. The highest BCUT2D eigenvalue weighted by Crippen LogP contribution is 2.16. The molecule has 0 spiro atoms. The van der Waals surface area contributed by atoms with Crippen molar-refractivity contribution in [3.05, 3.63) is 11.7 Å². The minimum Gasteiger partial charge on any atom is -0.377 e. The number of piperidine rings is 1. The van der Waals surface area contributed by atoms with E-state index < -0.39 is 0 Å². The Morgan fingerprint density at radius 1 is 1.55 bits per heavy atom. The number of amides is 1. The predicted molar refractivity (Wildman–Crippen MR) is 71.7 cm³/mol. The third-order valence-corrected chi connectivity index (χ3v) is 3.52. The molecule has 1 fully saturated rings. The second kappa shape index (κ2) is 7.35. The molecule has 0 aliphatic carbocycles. The zero-order valence-corrected chi connectivity index (χ0v) is 12.1. The standard InChI is InChI=1S/C13H22N4O3/c1-3-17-7-5-4-6-10(17)13(18)14-8-12-15-11(9-19-2)16-20-12/h10H,3-9H2,1-2H3,(H,14,18)/t10-/m1/s1. The van der Waals surface area contributed by atoms with Crippen LogP contribution in [0.1, 0.15) is 37.9 Å². The van der Waals surface area contributed by atoms with Gasteiger partial charge in [-0.15, -0.1) is 0 Å². The van der Waals surface area contributed by atoms with Crippen LogP contribution >= 0.6 is 0 Å². The van der Waals surface area contributed by atoms with Crippen molar-refractivity contribution in [2.45, 2.75) is 45.4 Å². The molecule has 2 rings (SSSR count). The first-order chi connectivity index (χ1) is 9.74. The van der Waals surface area contributed by atoms with Gasteiger partial charge in [-0.3, -0.25) is 9.69 Å². The number of rotatable bonds is 6.